The highest BCUT2D eigenvalue weighted by molar-refractivity contribution is 6.32. The van der Waals surface area contributed by atoms with Crippen LogP contribution in [0.4, 0.5) is 10.5 Å². The molecule has 0 aliphatic rings. The summed E-state index contributed by atoms with van der Waals surface area (Å²) in [4.78, 5) is 23.4. The summed E-state index contributed by atoms with van der Waals surface area (Å²) in [5.74, 6) is 0.0967. The number of amides is 3. The van der Waals surface area contributed by atoms with Crippen LogP contribution < -0.4 is 20.7 Å². The van der Waals surface area contributed by atoms with Crippen LogP contribution >= 0.6 is 11.6 Å². The lowest BCUT2D eigenvalue weighted by molar-refractivity contribution is -0.118. The molecule has 0 radical (unpaired) electrons. The molecule has 0 saturated carbocycles. The Balaban J connectivity index is 1.74. The normalized spacial score (nSPS) is 9.92. The number of hydrogen-bond acceptors (Lipinski definition) is 4. The maximum Gasteiger partial charge on any atom is 0.321 e. The van der Waals surface area contributed by atoms with Gasteiger partial charge in [0.25, 0.3) is 0 Å². The van der Waals surface area contributed by atoms with Crippen molar-refractivity contribution in [1.82, 2.24) is 10.6 Å². The summed E-state index contributed by atoms with van der Waals surface area (Å²) >= 11 is 6.00. The number of halogens is 1. The van der Waals surface area contributed by atoms with Crippen molar-refractivity contribution >= 4 is 29.2 Å². The Morgan fingerprint density at radius 3 is 2.54 bits per heavy atom. The van der Waals surface area contributed by atoms with E-state index >= 15 is 0 Å². The van der Waals surface area contributed by atoms with Gasteiger partial charge in [-0.05, 0) is 23.8 Å². The fourth-order valence-electron chi connectivity index (χ4n) is 1.95. The zero-order valence-electron chi connectivity index (χ0n) is 13.1. The van der Waals surface area contributed by atoms with Crippen LogP contribution in [0.15, 0.2) is 48.5 Å². The molecule has 2 aromatic carbocycles. The summed E-state index contributed by atoms with van der Waals surface area (Å²) in [6.45, 7) is 0.295. The van der Waals surface area contributed by atoms with E-state index in [1.165, 1.54) is 7.11 Å². The minimum Gasteiger partial charge on any atom is -0.495 e. The molecule has 0 bridgehead atoms. The van der Waals surface area contributed by atoms with Crippen LogP contribution in [0.2, 0.25) is 5.02 Å². The fraction of sp³-hybridized carbons (Fsp3) is 0.176. The van der Waals surface area contributed by atoms with Gasteiger partial charge in [-0.15, -0.1) is 0 Å². The second-order valence-electron chi connectivity index (χ2n) is 4.92. The van der Waals surface area contributed by atoms with Crippen LogP contribution in [0.5, 0.6) is 5.75 Å². The van der Waals surface area contributed by atoms with Gasteiger partial charge in [0.2, 0.25) is 5.91 Å². The summed E-state index contributed by atoms with van der Waals surface area (Å²) in [6, 6.07) is 13.9. The van der Waals surface area contributed by atoms with Gasteiger partial charge in [0.1, 0.15) is 5.75 Å². The Bertz CT molecular complexity index is 707. The second-order valence-corrected chi connectivity index (χ2v) is 5.33. The van der Waals surface area contributed by atoms with Crippen LogP contribution in [0.25, 0.3) is 0 Å². The third kappa shape index (κ3) is 5.48. The average Bonchev–Trinajstić information content (AvgIpc) is 2.59. The van der Waals surface area contributed by atoms with Crippen molar-refractivity contribution in [3.63, 3.8) is 0 Å². The maximum absolute atomic E-state index is 11.8. The lowest BCUT2D eigenvalue weighted by Gasteiger charge is -2.10. The SMILES string of the molecule is COc1ccc(NCC(=O)NC(=O)NCc2ccccc2)cc1Cl. The molecular formula is C17H18ClN3O3. The minimum atomic E-state index is -0.543. The van der Waals surface area contributed by atoms with Gasteiger partial charge in [0.05, 0.1) is 18.7 Å². The molecule has 0 spiro atoms. The molecule has 6 nitrogen and oxygen atoms in total. The number of urea groups is 1. The van der Waals surface area contributed by atoms with Crippen molar-refractivity contribution in [2.24, 2.45) is 0 Å². The van der Waals surface area contributed by atoms with E-state index in [4.69, 9.17) is 16.3 Å². The topological polar surface area (TPSA) is 79.5 Å². The maximum atomic E-state index is 11.8. The molecular weight excluding hydrogens is 330 g/mol. The van der Waals surface area contributed by atoms with E-state index in [0.717, 1.165) is 5.56 Å². The van der Waals surface area contributed by atoms with Gasteiger partial charge in [-0.25, -0.2) is 4.79 Å². The Morgan fingerprint density at radius 2 is 1.88 bits per heavy atom. The molecule has 3 amide bonds. The van der Waals surface area contributed by atoms with E-state index in [0.29, 0.717) is 23.0 Å². The number of anilines is 1. The van der Waals surface area contributed by atoms with E-state index < -0.39 is 11.9 Å². The van der Waals surface area contributed by atoms with Crippen molar-refractivity contribution in [1.29, 1.82) is 0 Å². The highest BCUT2D eigenvalue weighted by atomic mass is 35.5. The van der Waals surface area contributed by atoms with Gasteiger partial charge in [-0.2, -0.15) is 0 Å². The highest BCUT2D eigenvalue weighted by Crippen LogP contribution is 2.26. The Hall–Kier alpha value is -2.73. The van der Waals surface area contributed by atoms with Crippen molar-refractivity contribution in [2.75, 3.05) is 19.0 Å². The molecule has 0 saturated heterocycles. The van der Waals surface area contributed by atoms with Crippen molar-refractivity contribution in [3.05, 3.63) is 59.1 Å². The van der Waals surface area contributed by atoms with E-state index in [1.807, 2.05) is 30.3 Å². The Morgan fingerprint density at radius 1 is 1.12 bits per heavy atom. The van der Waals surface area contributed by atoms with Crippen LogP contribution in [-0.4, -0.2) is 25.6 Å². The third-order valence-electron chi connectivity index (χ3n) is 3.15. The van der Waals surface area contributed by atoms with Crippen LogP contribution in [0.3, 0.4) is 0 Å². The lowest BCUT2D eigenvalue weighted by atomic mass is 10.2. The van der Waals surface area contributed by atoms with Gasteiger partial charge in [-0.3, -0.25) is 10.1 Å². The first kappa shape index (κ1) is 17.6. The molecule has 0 aliphatic heterocycles. The van der Waals surface area contributed by atoms with Crippen molar-refractivity contribution in [3.8, 4) is 5.75 Å². The Labute approximate surface area is 145 Å². The third-order valence-corrected chi connectivity index (χ3v) is 3.45. The minimum absolute atomic E-state index is 0.0542. The molecule has 3 N–H and O–H groups in total. The number of ether oxygens (including phenoxy) is 1. The first-order valence-corrected chi connectivity index (χ1v) is 7.65. The molecule has 0 aliphatic carbocycles. The van der Waals surface area contributed by atoms with Gasteiger partial charge in [-0.1, -0.05) is 41.9 Å². The molecule has 126 valence electrons. The summed E-state index contributed by atoms with van der Waals surface area (Å²) < 4.78 is 5.05. The first-order chi connectivity index (χ1) is 11.6. The number of hydrogen-bond donors (Lipinski definition) is 3. The number of rotatable bonds is 6. The predicted octanol–water partition coefficient (Wildman–Crippen LogP) is 2.79. The molecule has 0 aromatic heterocycles. The number of carbonyl (C=O) groups is 2. The molecule has 2 rings (SSSR count). The zero-order chi connectivity index (χ0) is 17.4. The van der Waals surface area contributed by atoms with E-state index in [1.54, 1.807) is 18.2 Å². The van der Waals surface area contributed by atoms with E-state index in [2.05, 4.69) is 16.0 Å². The van der Waals surface area contributed by atoms with Gasteiger partial charge in [0.15, 0.2) is 0 Å². The average molecular weight is 348 g/mol. The number of benzene rings is 2. The molecule has 0 fully saturated rings. The smallest absolute Gasteiger partial charge is 0.321 e. The molecule has 0 unspecified atom stereocenters. The molecule has 2 aromatic rings. The van der Waals surface area contributed by atoms with Crippen molar-refractivity contribution < 1.29 is 14.3 Å². The first-order valence-electron chi connectivity index (χ1n) is 7.27. The monoisotopic (exact) mass is 347 g/mol. The van der Waals surface area contributed by atoms with Crippen LogP contribution in [0, 0.1) is 0 Å². The molecule has 0 heterocycles. The van der Waals surface area contributed by atoms with E-state index in [-0.39, 0.29) is 6.54 Å². The van der Waals surface area contributed by atoms with Gasteiger partial charge < -0.3 is 15.4 Å². The van der Waals surface area contributed by atoms with Gasteiger partial charge in [0, 0.05) is 12.2 Å². The summed E-state index contributed by atoms with van der Waals surface area (Å²) in [5, 5.41) is 8.18. The zero-order valence-corrected chi connectivity index (χ0v) is 13.9. The van der Waals surface area contributed by atoms with E-state index in [9.17, 15) is 9.59 Å². The molecule has 7 heteroatoms. The summed E-state index contributed by atoms with van der Waals surface area (Å²) in [5.41, 5.74) is 1.60. The van der Waals surface area contributed by atoms with Crippen LogP contribution in [0.1, 0.15) is 5.56 Å². The molecule has 0 atom stereocenters. The molecule has 24 heavy (non-hydrogen) atoms. The highest BCUT2D eigenvalue weighted by Gasteiger charge is 2.08. The number of methoxy groups -OCH3 is 1. The number of nitrogens with one attached hydrogen (secondary N) is 3. The number of carbonyl (C=O) groups excluding carboxylic acids is 2. The largest absolute Gasteiger partial charge is 0.495 e. The summed E-state index contributed by atoms with van der Waals surface area (Å²) in [6.07, 6.45) is 0. The predicted molar refractivity (Wildman–Crippen MR) is 93.3 cm³/mol. The lowest BCUT2D eigenvalue weighted by Crippen LogP contribution is -2.41. The number of imide groups is 1. The quantitative estimate of drug-likeness (QED) is 0.750. The van der Waals surface area contributed by atoms with Gasteiger partial charge >= 0.3 is 6.03 Å². The standard InChI is InChI=1S/C17H18ClN3O3/c1-24-15-8-7-13(9-14(15)18)19-11-16(22)21-17(23)20-10-12-5-3-2-4-6-12/h2-9,19H,10-11H2,1H3,(H2,20,21,22,23). The van der Waals surface area contributed by atoms with Crippen molar-refractivity contribution in [2.45, 2.75) is 6.54 Å². The Kier molecular flexibility index (Phi) is 6.45. The summed E-state index contributed by atoms with van der Waals surface area (Å²) in [7, 11) is 1.52. The van der Waals surface area contributed by atoms with Crippen LogP contribution in [-0.2, 0) is 11.3 Å². The second kappa shape index (κ2) is 8.79. The fourth-order valence-corrected chi connectivity index (χ4v) is 2.21.